The second-order valence-electron chi connectivity index (χ2n) is 3.28. The van der Waals surface area contributed by atoms with Crippen LogP contribution in [0.15, 0.2) is 0 Å². The molecule has 7 heteroatoms. The highest BCUT2D eigenvalue weighted by molar-refractivity contribution is 7.91. The molecule has 1 heterocycles. The number of hydrogen-bond donors (Lipinski definition) is 3. The van der Waals surface area contributed by atoms with E-state index in [0.717, 1.165) is 0 Å². The fourth-order valence-corrected chi connectivity index (χ4v) is 3.19. The van der Waals surface area contributed by atoms with E-state index in [1.807, 2.05) is 0 Å². The van der Waals surface area contributed by atoms with Gasteiger partial charge in [0.2, 0.25) is 6.41 Å². The molecule has 1 fully saturated rings. The third kappa shape index (κ3) is 3.24. The van der Waals surface area contributed by atoms with Crippen LogP contribution in [0.5, 0.6) is 0 Å². The van der Waals surface area contributed by atoms with Gasteiger partial charge in [-0.3, -0.25) is 4.79 Å². The molecule has 0 spiro atoms. The van der Waals surface area contributed by atoms with Crippen molar-refractivity contribution < 1.29 is 18.3 Å². The van der Waals surface area contributed by atoms with Crippen LogP contribution >= 0.6 is 0 Å². The number of carbonyl (C=O) groups is 1. The molecule has 1 amide bonds. The van der Waals surface area contributed by atoms with Gasteiger partial charge in [-0.25, -0.2) is 8.42 Å². The predicted molar refractivity (Wildman–Crippen MR) is 50.5 cm³/mol. The Morgan fingerprint density at radius 1 is 1.36 bits per heavy atom. The first-order valence-electron chi connectivity index (χ1n) is 4.34. The van der Waals surface area contributed by atoms with Gasteiger partial charge in [-0.15, -0.1) is 0 Å². The van der Waals surface area contributed by atoms with Gasteiger partial charge < -0.3 is 15.7 Å². The highest BCUT2D eigenvalue weighted by Crippen LogP contribution is 2.11. The van der Waals surface area contributed by atoms with Crippen LogP contribution in [0.25, 0.3) is 0 Å². The van der Waals surface area contributed by atoms with E-state index in [4.69, 9.17) is 0 Å². The molecule has 6 nitrogen and oxygen atoms in total. The average molecular weight is 222 g/mol. The maximum Gasteiger partial charge on any atom is 0.207 e. The Morgan fingerprint density at radius 2 is 2.07 bits per heavy atom. The standard InChI is InChI=1S/C7H14N2O4S/c10-5-8-1-2-9-6-3-14(12,13)4-7(6)11/h5-7,9,11H,1-4H2,(H,8,10)/t6-,7-/m1/s1. The Labute approximate surface area is 82.6 Å². The first-order chi connectivity index (χ1) is 6.55. The molecule has 0 bridgehead atoms. The number of nitrogens with one attached hydrogen (secondary N) is 2. The van der Waals surface area contributed by atoms with E-state index in [2.05, 4.69) is 10.6 Å². The summed E-state index contributed by atoms with van der Waals surface area (Å²) in [6.45, 7) is 0.878. The van der Waals surface area contributed by atoms with Crippen LogP contribution in [-0.4, -0.2) is 56.7 Å². The number of sulfone groups is 1. The molecule has 1 rings (SSSR count). The van der Waals surface area contributed by atoms with Crippen molar-refractivity contribution in [2.75, 3.05) is 24.6 Å². The minimum atomic E-state index is -3.09. The van der Waals surface area contributed by atoms with E-state index < -0.39 is 22.0 Å². The van der Waals surface area contributed by atoms with Crippen molar-refractivity contribution in [2.45, 2.75) is 12.1 Å². The molecular weight excluding hydrogens is 208 g/mol. The lowest BCUT2D eigenvalue weighted by atomic mass is 10.2. The van der Waals surface area contributed by atoms with Crippen LogP contribution in [0, 0.1) is 0 Å². The summed E-state index contributed by atoms with van der Waals surface area (Å²) in [6.07, 6.45) is -0.264. The van der Waals surface area contributed by atoms with Gasteiger partial charge in [0, 0.05) is 19.1 Å². The van der Waals surface area contributed by atoms with Crippen molar-refractivity contribution in [1.82, 2.24) is 10.6 Å². The summed E-state index contributed by atoms with van der Waals surface area (Å²) in [5, 5.41) is 14.7. The Hall–Kier alpha value is -0.660. The van der Waals surface area contributed by atoms with Crippen molar-refractivity contribution in [3.8, 4) is 0 Å². The quantitative estimate of drug-likeness (QED) is 0.352. The number of aliphatic hydroxyl groups excluding tert-OH is 1. The van der Waals surface area contributed by atoms with Crippen molar-refractivity contribution in [3.63, 3.8) is 0 Å². The molecule has 1 aliphatic heterocycles. The van der Waals surface area contributed by atoms with Gasteiger partial charge in [-0.2, -0.15) is 0 Å². The van der Waals surface area contributed by atoms with Crippen LogP contribution in [0.3, 0.4) is 0 Å². The van der Waals surface area contributed by atoms with Crippen LogP contribution in [-0.2, 0) is 14.6 Å². The molecule has 82 valence electrons. The second-order valence-corrected chi connectivity index (χ2v) is 5.43. The summed E-state index contributed by atoms with van der Waals surface area (Å²) in [4.78, 5) is 9.88. The van der Waals surface area contributed by atoms with Crippen LogP contribution in [0.2, 0.25) is 0 Å². The maximum atomic E-state index is 11.1. The van der Waals surface area contributed by atoms with Crippen molar-refractivity contribution in [2.24, 2.45) is 0 Å². The lowest BCUT2D eigenvalue weighted by molar-refractivity contribution is -0.109. The molecule has 0 aromatic heterocycles. The normalized spacial score (nSPS) is 30.1. The van der Waals surface area contributed by atoms with Gasteiger partial charge in [0.05, 0.1) is 17.6 Å². The van der Waals surface area contributed by atoms with E-state index in [1.54, 1.807) is 0 Å². The summed E-state index contributed by atoms with van der Waals surface area (Å²) < 4.78 is 22.1. The topological polar surface area (TPSA) is 95.5 Å². The zero-order chi connectivity index (χ0) is 10.6. The molecule has 0 aliphatic carbocycles. The van der Waals surface area contributed by atoms with Gasteiger partial charge in [-0.1, -0.05) is 0 Å². The predicted octanol–water partition coefficient (Wildman–Crippen LogP) is -2.52. The fraction of sp³-hybridized carbons (Fsp3) is 0.857. The van der Waals surface area contributed by atoms with Gasteiger partial charge >= 0.3 is 0 Å². The van der Waals surface area contributed by atoms with Crippen molar-refractivity contribution in [3.05, 3.63) is 0 Å². The minimum Gasteiger partial charge on any atom is -0.390 e. The average Bonchev–Trinajstić information content (AvgIpc) is 2.34. The van der Waals surface area contributed by atoms with E-state index >= 15 is 0 Å². The Morgan fingerprint density at radius 3 is 2.57 bits per heavy atom. The highest BCUT2D eigenvalue weighted by atomic mass is 32.2. The number of hydrogen-bond acceptors (Lipinski definition) is 5. The number of amides is 1. The third-order valence-electron chi connectivity index (χ3n) is 2.08. The molecule has 3 N–H and O–H groups in total. The number of carbonyl (C=O) groups excluding carboxylic acids is 1. The zero-order valence-corrected chi connectivity index (χ0v) is 8.46. The SMILES string of the molecule is O=CNCCN[C@@H]1CS(=O)(=O)C[C@H]1O. The maximum absolute atomic E-state index is 11.1. The largest absolute Gasteiger partial charge is 0.390 e. The summed E-state index contributed by atoms with van der Waals surface area (Å²) in [5.41, 5.74) is 0. The molecule has 0 aromatic carbocycles. The van der Waals surface area contributed by atoms with Crippen molar-refractivity contribution >= 4 is 16.2 Å². The molecule has 14 heavy (non-hydrogen) atoms. The Bertz CT molecular complexity index is 290. The summed E-state index contributed by atoms with van der Waals surface area (Å²) in [6, 6.07) is -0.409. The monoisotopic (exact) mass is 222 g/mol. The smallest absolute Gasteiger partial charge is 0.207 e. The Kier molecular flexibility index (Phi) is 3.85. The molecule has 0 saturated carbocycles. The van der Waals surface area contributed by atoms with E-state index in [0.29, 0.717) is 19.5 Å². The fourth-order valence-electron chi connectivity index (χ4n) is 1.41. The molecule has 0 unspecified atom stereocenters. The number of aliphatic hydroxyl groups is 1. The second kappa shape index (κ2) is 4.72. The van der Waals surface area contributed by atoms with Crippen LogP contribution < -0.4 is 10.6 Å². The van der Waals surface area contributed by atoms with Crippen LogP contribution in [0.1, 0.15) is 0 Å². The lowest BCUT2D eigenvalue weighted by Crippen LogP contribution is -2.41. The molecule has 0 radical (unpaired) electrons. The summed E-state index contributed by atoms with van der Waals surface area (Å²) in [7, 11) is -3.09. The minimum absolute atomic E-state index is 0.0325. The van der Waals surface area contributed by atoms with E-state index in [1.165, 1.54) is 0 Å². The van der Waals surface area contributed by atoms with E-state index in [9.17, 15) is 18.3 Å². The highest BCUT2D eigenvalue weighted by Gasteiger charge is 2.35. The Balaban J connectivity index is 2.29. The first-order valence-corrected chi connectivity index (χ1v) is 6.16. The van der Waals surface area contributed by atoms with Gasteiger partial charge in [0.1, 0.15) is 0 Å². The molecule has 1 aliphatic rings. The van der Waals surface area contributed by atoms with Gasteiger partial charge in [-0.05, 0) is 0 Å². The summed E-state index contributed by atoms with van der Waals surface area (Å²) in [5.74, 6) is -0.207. The van der Waals surface area contributed by atoms with Gasteiger partial charge in [0.15, 0.2) is 9.84 Å². The van der Waals surface area contributed by atoms with Gasteiger partial charge in [0.25, 0.3) is 0 Å². The van der Waals surface area contributed by atoms with Crippen LogP contribution in [0.4, 0.5) is 0 Å². The molecule has 2 atom stereocenters. The molecule has 1 saturated heterocycles. The lowest BCUT2D eigenvalue weighted by Gasteiger charge is -2.14. The summed E-state index contributed by atoms with van der Waals surface area (Å²) >= 11 is 0. The molecule has 0 aromatic rings. The zero-order valence-electron chi connectivity index (χ0n) is 7.64. The van der Waals surface area contributed by atoms with E-state index in [-0.39, 0.29) is 11.5 Å². The van der Waals surface area contributed by atoms with Crippen molar-refractivity contribution in [1.29, 1.82) is 0 Å². The number of rotatable bonds is 5. The molecular formula is C7H14N2O4S. The first kappa shape index (κ1) is 11.4. The third-order valence-corrected chi connectivity index (χ3v) is 3.80.